The van der Waals surface area contributed by atoms with Crippen LogP contribution in [0.5, 0.6) is 0 Å². The Kier molecular flexibility index (Phi) is 9.55. The Bertz CT molecular complexity index is 448. The van der Waals surface area contributed by atoms with Crippen molar-refractivity contribution >= 4 is 32.6 Å². The molecule has 0 aromatic rings. The summed E-state index contributed by atoms with van der Waals surface area (Å²) in [6, 6.07) is 0.140. The van der Waals surface area contributed by atoms with Gasteiger partial charge in [-0.2, -0.15) is 0 Å². The third-order valence-corrected chi connectivity index (χ3v) is 5.25. The molecule has 0 saturated carbocycles. The number of hydrogen-bond acceptors (Lipinski definition) is 7. The fraction of sp³-hybridized carbons (Fsp3) is 0.571. The zero-order valence-electron chi connectivity index (χ0n) is 13.7. The van der Waals surface area contributed by atoms with E-state index in [9.17, 15) is 19.2 Å². The van der Waals surface area contributed by atoms with Crippen molar-refractivity contribution in [3.63, 3.8) is 0 Å². The lowest BCUT2D eigenvalue weighted by Gasteiger charge is -2.26. The van der Waals surface area contributed by atoms with E-state index >= 15 is 0 Å². The number of carbonyl (C=O) groups is 4. The highest BCUT2D eigenvalue weighted by molar-refractivity contribution is 6.65. The molecule has 23 heavy (non-hydrogen) atoms. The molecule has 0 aromatic carbocycles. The predicted molar refractivity (Wildman–Crippen MR) is 82.9 cm³/mol. The Balaban J connectivity index is 5.05. The standard InChI is InChI=1S/C14H23NO7Si/c1-5-7-8-9-23(20-11(3)16,21-12(4)17)22-14(19)10-15-13(18)6-2/h6H,2,5,7-10H2,1,3-4H3,(H,15,18). The Morgan fingerprint density at radius 2 is 1.61 bits per heavy atom. The molecule has 0 aliphatic rings. The van der Waals surface area contributed by atoms with Crippen molar-refractivity contribution in [3.05, 3.63) is 12.7 Å². The zero-order valence-corrected chi connectivity index (χ0v) is 14.7. The summed E-state index contributed by atoms with van der Waals surface area (Å²) in [7, 11) is -3.83. The van der Waals surface area contributed by atoms with Crippen LogP contribution in [0.1, 0.15) is 40.0 Å². The summed E-state index contributed by atoms with van der Waals surface area (Å²) in [5.41, 5.74) is 0. The van der Waals surface area contributed by atoms with Crippen molar-refractivity contribution in [2.45, 2.75) is 46.1 Å². The number of nitrogens with one attached hydrogen (secondary N) is 1. The maximum Gasteiger partial charge on any atom is 0.705 e. The molecule has 9 heteroatoms. The topological polar surface area (TPSA) is 108 Å². The molecule has 0 atom stereocenters. The summed E-state index contributed by atoms with van der Waals surface area (Å²) < 4.78 is 15.3. The van der Waals surface area contributed by atoms with Crippen LogP contribution < -0.4 is 5.32 Å². The van der Waals surface area contributed by atoms with Crippen LogP contribution in [-0.4, -0.2) is 39.2 Å². The molecule has 0 aromatic heterocycles. The van der Waals surface area contributed by atoms with Crippen LogP contribution in [0.4, 0.5) is 0 Å². The van der Waals surface area contributed by atoms with Crippen LogP contribution in [0.3, 0.4) is 0 Å². The van der Waals surface area contributed by atoms with Gasteiger partial charge in [-0.05, 0) is 12.5 Å². The number of rotatable bonds is 10. The van der Waals surface area contributed by atoms with E-state index in [-0.39, 0.29) is 6.04 Å². The normalized spacial score (nSPS) is 10.4. The average molecular weight is 345 g/mol. The van der Waals surface area contributed by atoms with Crippen LogP contribution in [0.15, 0.2) is 12.7 Å². The lowest BCUT2D eigenvalue weighted by Crippen LogP contribution is -2.51. The minimum Gasteiger partial charge on any atom is -0.455 e. The third-order valence-electron chi connectivity index (χ3n) is 2.55. The molecule has 0 rings (SSSR count). The van der Waals surface area contributed by atoms with Crippen molar-refractivity contribution in [2.75, 3.05) is 6.54 Å². The molecule has 0 aliphatic carbocycles. The van der Waals surface area contributed by atoms with E-state index in [2.05, 4.69) is 11.9 Å². The summed E-state index contributed by atoms with van der Waals surface area (Å²) >= 11 is 0. The number of unbranched alkanes of at least 4 members (excludes halogenated alkanes) is 2. The highest BCUT2D eigenvalue weighted by Crippen LogP contribution is 2.21. The van der Waals surface area contributed by atoms with Gasteiger partial charge >= 0.3 is 14.8 Å². The second kappa shape index (κ2) is 10.5. The third kappa shape index (κ3) is 9.45. The maximum absolute atomic E-state index is 11.9. The van der Waals surface area contributed by atoms with Gasteiger partial charge in [-0.15, -0.1) is 0 Å². The molecule has 1 N–H and O–H groups in total. The average Bonchev–Trinajstić information content (AvgIpc) is 2.43. The predicted octanol–water partition coefficient (Wildman–Crippen LogP) is 1.09. The van der Waals surface area contributed by atoms with Gasteiger partial charge in [-0.25, -0.2) is 0 Å². The summed E-state index contributed by atoms with van der Waals surface area (Å²) in [6.45, 7) is 7.04. The molecule has 0 fully saturated rings. The van der Waals surface area contributed by atoms with E-state index in [1.54, 1.807) is 0 Å². The molecule has 8 nitrogen and oxygen atoms in total. The lowest BCUT2D eigenvalue weighted by atomic mass is 10.3. The Hall–Kier alpha value is -2.16. The highest BCUT2D eigenvalue weighted by Gasteiger charge is 2.51. The fourth-order valence-corrected chi connectivity index (χ4v) is 4.10. The van der Waals surface area contributed by atoms with E-state index in [4.69, 9.17) is 13.3 Å². The van der Waals surface area contributed by atoms with Crippen LogP contribution in [0.25, 0.3) is 0 Å². The first kappa shape index (κ1) is 20.8. The zero-order chi connectivity index (χ0) is 17.9. The van der Waals surface area contributed by atoms with Gasteiger partial charge in [0.15, 0.2) is 0 Å². The van der Waals surface area contributed by atoms with Crippen LogP contribution in [0.2, 0.25) is 6.04 Å². The molecule has 0 saturated heterocycles. The molecule has 0 unspecified atom stereocenters. The fourth-order valence-electron chi connectivity index (χ4n) is 1.69. The summed E-state index contributed by atoms with van der Waals surface area (Å²) in [5.74, 6) is -2.83. The van der Waals surface area contributed by atoms with Crippen molar-refractivity contribution in [3.8, 4) is 0 Å². The van der Waals surface area contributed by atoms with Gasteiger partial charge in [-0.1, -0.05) is 26.3 Å². The minimum atomic E-state index is -3.83. The summed E-state index contributed by atoms with van der Waals surface area (Å²) in [6.07, 6.45) is 3.24. The van der Waals surface area contributed by atoms with Gasteiger partial charge < -0.3 is 18.6 Å². The van der Waals surface area contributed by atoms with E-state index in [0.717, 1.165) is 32.8 Å². The largest absolute Gasteiger partial charge is 0.705 e. The van der Waals surface area contributed by atoms with Gasteiger partial charge in [0.2, 0.25) is 5.91 Å². The first-order valence-corrected chi connectivity index (χ1v) is 9.19. The van der Waals surface area contributed by atoms with E-state index < -0.39 is 39.2 Å². The highest BCUT2D eigenvalue weighted by atomic mass is 28.4. The van der Waals surface area contributed by atoms with E-state index in [1.165, 1.54) is 0 Å². The van der Waals surface area contributed by atoms with E-state index in [0.29, 0.717) is 6.42 Å². The Labute approximate surface area is 136 Å². The molecular weight excluding hydrogens is 322 g/mol. The molecule has 130 valence electrons. The van der Waals surface area contributed by atoms with Crippen molar-refractivity contribution in [1.29, 1.82) is 0 Å². The SMILES string of the molecule is C=CC(=O)NCC(=O)O[Si](CCCCC)(OC(C)=O)OC(C)=O. The quantitative estimate of drug-likeness (QED) is 0.358. The second-order valence-electron chi connectivity index (χ2n) is 4.72. The number of hydrogen-bond donors (Lipinski definition) is 1. The Morgan fingerprint density at radius 3 is 2.04 bits per heavy atom. The van der Waals surface area contributed by atoms with Gasteiger partial charge in [0, 0.05) is 13.8 Å². The van der Waals surface area contributed by atoms with Gasteiger partial charge in [0.05, 0.1) is 6.04 Å². The molecule has 0 spiro atoms. The monoisotopic (exact) mass is 345 g/mol. The summed E-state index contributed by atoms with van der Waals surface area (Å²) in [5, 5.41) is 2.24. The van der Waals surface area contributed by atoms with Gasteiger partial charge in [0.25, 0.3) is 11.9 Å². The molecule has 0 aliphatic heterocycles. The molecule has 0 radical (unpaired) electrons. The van der Waals surface area contributed by atoms with Crippen molar-refractivity contribution in [2.24, 2.45) is 0 Å². The molecular formula is C14H23NO7Si. The van der Waals surface area contributed by atoms with Crippen molar-refractivity contribution in [1.82, 2.24) is 5.32 Å². The van der Waals surface area contributed by atoms with E-state index in [1.807, 2.05) is 6.92 Å². The second-order valence-corrected chi connectivity index (χ2v) is 7.20. The van der Waals surface area contributed by atoms with Crippen LogP contribution in [-0.2, 0) is 32.5 Å². The Morgan fingerprint density at radius 1 is 1.04 bits per heavy atom. The van der Waals surface area contributed by atoms with Gasteiger partial charge in [0.1, 0.15) is 6.54 Å². The van der Waals surface area contributed by atoms with Crippen LogP contribution >= 0.6 is 0 Å². The smallest absolute Gasteiger partial charge is 0.455 e. The lowest BCUT2D eigenvalue weighted by molar-refractivity contribution is -0.149. The number of carbonyl (C=O) groups excluding carboxylic acids is 4. The minimum absolute atomic E-state index is 0.140. The first-order valence-electron chi connectivity index (χ1n) is 7.26. The molecule has 0 heterocycles. The van der Waals surface area contributed by atoms with Crippen molar-refractivity contribution < 1.29 is 32.5 Å². The maximum atomic E-state index is 11.9. The van der Waals surface area contributed by atoms with Gasteiger partial charge in [-0.3, -0.25) is 19.2 Å². The molecule has 0 bridgehead atoms. The summed E-state index contributed by atoms with van der Waals surface area (Å²) in [4.78, 5) is 45.5. The number of amides is 1. The molecule has 1 amide bonds. The first-order chi connectivity index (χ1) is 10.7. The van der Waals surface area contributed by atoms with Crippen LogP contribution in [0, 0.1) is 0 Å².